The fraction of sp³-hybridized carbons (Fsp3) is 0.562. The first-order valence-corrected chi connectivity index (χ1v) is 7.52. The van der Waals surface area contributed by atoms with E-state index >= 15 is 0 Å². The summed E-state index contributed by atoms with van der Waals surface area (Å²) < 4.78 is 2.00. The van der Waals surface area contributed by atoms with Crippen LogP contribution in [0, 0.1) is 6.92 Å². The fourth-order valence-electron chi connectivity index (χ4n) is 2.60. The van der Waals surface area contributed by atoms with Gasteiger partial charge in [0.15, 0.2) is 5.82 Å². The van der Waals surface area contributed by atoms with E-state index < -0.39 is 0 Å². The highest BCUT2D eigenvalue weighted by Gasteiger charge is 2.19. The first kappa shape index (κ1) is 14.9. The van der Waals surface area contributed by atoms with E-state index in [1.807, 2.05) is 25.6 Å². The number of fused-ring (bicyclic) bond motifs is 1. The molecule has 0 N–H and O–H groups in total. The predicted molar refractivity (Wildman–Crippen MR) is 86.5 cm³/mol. The first-order valence-electron chi connectivity index (χ1n) is 7.52. The maximum absolute atomic E-state index is 4.70. The molecule has 1 aliphatic heterocycles. The number of benzene rings is 1. The van der Waals surface area contributed by atoms with Gasteiger partial charge in [0.2, 0.25) is 0 Å². The molecule has 3 rings (SSSR count). The van der Waals surface area contributed by atoms with Crippen molar-refractivity contribution in [1.29, 1.82) is 0 Å². The summed E-state index contributed by atoms with van der Waals surface area (Å²) in [5, 5.41) is 5.97. The van der Waals surface area contributed by atoms with E-state index in [0.29, 0.717) is 0 Å². The second-order valence-electron chi connectivity index (χ2n) is 5.26. The number of anilines is 1. The number of nitrogens with zero attached hydrogens (tertiary/aromatic N) is 4. The number of likely N-dealkylation sites (N-methyl/N-ethyl adjacent to an activating group) is 1. The van der Waals surface area contributed by atoms with Crippen LogP contribution >= 0.6 is 0 Å². The highest BCUT2D eigenvalue weighted by atomic mass is 15.4. The Labute approximate surface area is 122 Å². The van der Waals surface area contributed by atoms with Gasteiger partial charge in [-0.15, -0.1) is 0 Å². The molecule has 2 heterocycles. The Morgan fingerprint density at radius 2 is 1.65 bits per heavy atom. The van der Waals surface area contributed by atoms with Gasteiger partial charge in [0.1, 0.15) is 0 Å². The predicted octanol–water partition coefficient (Wildman–Crippen LogP) is 2.66. The van der Waals surface area contributed by atoms with Crippen molar-refractivity contribution in [3.05, 3.63) is 23.8 Å². The van der Waals surface area contributed by atoms with Gasteiger partial charge in [0.25, 0.3) is 0 Å². The van der Waals surface area contributed by atoms with Gasteiger partial charge in [-0.05, 0) is 31.7 Å². The molecule has 1 aromatic carbocycles. The van der Waals surface area contributed by atoms with Crippen LogP contribution in [0.2, 0.25) is 0 Å². The molecule has 0 saturated carbocycles. The minimum absolute atomic E-state index is 1.07. The standard InChI is InChI=1S/C14H20N4.C2H6/c1-11-4-5-12-13(10-11)17(3)15-14(12)18-8-6-16(2)7-9-18;1-2/h4-5,10H,6-9H2,1-3H3;1-2H3. The Morgan fingerprint density at radius 3 is 2.30 bits per heavy atom. The second-order valence-corrected chi connectivity index (χ2v) is 5.26. The molecule has 2 aromatic rings. The quantitative estimate of drug-likeness (QED) is 0.799. The van der Waals surface area contributed by atoms with Crippen molar-refractivity contribution >= 4 is 16.7 Å². The molecule has 20 heavy (non-hydrogen) atoms. The maximum atomic E-state index is 4.70. The van der Waals surface area contributed by atoms with Crippen LogP contribution in [0.1, 0.15) is 19.4 Å². The minimum atomic E-state index is 1.07. The summed E-state index contributed by atoms with van der Waals surface area (Å²) in [6.45, 7) is 10.5. The summed E-state index contributed by atoms with van der Waals surface area (Å²) in [7, 11) is 4.21. The summed E-state index contributed by atoms with van der Waals surface area (Å²) in [5.74, 6) is 1.14. The first-order chi connectivity index (χ1) is 9.65. The van der Waals surface area contributed by atoms with Crippen LogP contribution < -0.4 is 4.90 Å². The molecule has 4 heteroatoms. The molecule has 1 saturated heterocycles. The smallest absolute Gasteiger partial charge is 0.158 e. The van der Waals surface area contributed by atoms with Crippen LogP contribution in [0.4, 0.5) is 5.82 Å². The lowest BCUT2D eigenvalue weighted by molar-refractivity contribution is 0.312. The van der Waals surface area contributed by atoms with Gasteiger partial charge in [-0.25, -0.2) is 0 Å². The molecule has 0 atom stereocenters. The van der Waals surface area contributed by atoms with E-state index in [1.165, 1.54) is 16.5 Å². The van der Waals surface area contributed by atoms with E-state index in [1.54, 1.807) is 0 Å². The molecule has 0 amide bonds. The third kappa shape index (κ3) is 2.80. The van der Waals surface area contributed by atoms with Gasteiger partial charge in [0.05, 0.1) is 5.52 Å². The van der Waals surface area contributed by atoms with Gasteiger partial charge < -0.3 is 9.80 Å². The van der Waals surface area contributed by atoms with Crippen molar-refractivity contribution in [3.63, 3.8) is 0 Å². The number of aryl methyl sites for hydroxylation is 2. The van der Waals surface area contributed by atoms with Crippen LogP contribution in [0.5, 0.6) is 0 Å². The second kappa shape index (κ2) is 6.27. The van der Waals surface area contributed by atoms with E-state index in [2.05, 4.69) is 42.0 Å². The van der Waals surface area contributed by atoms with Gasteiger partial charge in [-0.2, -0.15) is 5.10 Å². The van der Waals surface area contributed by atoms with Crippen LogP contribution in [0.15, 0.2) is 18.2 Å². The molecule has 0 bridgehead atoms. The number of piperazine rings is 1. The molecule has 110 valence electrons. The van der Waals surface area contributed by atoms with Crippen molar-refractivity contribution in [2.75, 3.05) is 38.1 Å². The summed E-state index contributed by atoms with van der Waals surface area (Å²) in [5.41, 5.74) is 2.51. The van der Waals surface area contributed by atoms with Gasteiger partial charge in [-0.1, -0.05) is 19.9 Å². The zero-order valence-electron chi connectivity index (χ0n) is 13.3. The van der Waals surface area contributed by atoms with Crippen molar-refractivity contribution < 1.29 is 0 Å². The minimum Gasteiger partial charge on any atom is -0.352 e. The lowest BCUT2D eigenvalue weighted by atomic mass is 10.1. The molecule has 0 unspecified atom stereocenters. The summed E-state index contributed by atoms with van der Waals surface area (Å²) in [4.78, 5) is 4.77. The lowest BCUT2D eigenvalue weighted by Crippen LogP contribution is -2.44. The van der Waals surface area contributed by atoms with Crippen LogP contribution in [-0.4, -0.2) is 47.9 Å². The lowest BCUT2D eigenvalue weighted by Gasteiger charge is -2.32. The third-order valence-electron chi connectivity index (χ3n) is 3.79. The Balaban J connectivity index is 0.000000704. The topological polar surface area (TPSA) is 24.3 Å². The average molecular weight is 274 g/mol. The summed E-state index contributed by atoms with van der Waals surface area (Å²) in [6.07, 6.45) is 0. The Hall–Kier alpha value is -1.55. The van der Waals surface area contributed by atoms with Crippen molar-refractivity contribution in [2.45, 2.75) is 20.8 Å². The van der Waals surface area contributed by atoms with Crippen molar-refractivity contribution in [2.24, 2.45) is 7.05 Å². The fourth-order valence-corrected chi connectivity index (χ4v) is 2.60. The molecule has 1 fully saturated rings. The maximum Gasteiger partial charge on any atom is 0.158 e. The van der Waals surface area contributed by atoms with Crippen LogP contribution in [0.25, 0.3) is 10.9 Å². The Morgan fingerprint density at radius 1 is 1.00 bits per heavy atom. The van der Waals surface area contributed by atoms with E-state index in [-0.39, 0.29) is 0 Å². The Bertz CT molecular complexity index is 565. The molecule has 4 nitrogen and oxygen atoms in total. The SMILES string of the molecule is CC.Cc1ccc2c(N3CCN(C)CC3)nn(C)c2c1. The monoisotopic (exact) mass is 274 g/mol. The number of hydrogen-bond acceptors (Lipinski definition) is 3. The summed E-state index contributed by atoms with van der Waals surface area (Å²) in [6, 6.07) is 6.58. The molecular formula is C16H26N4. The average Bonchev–Trinajstić information content (AvgIpc) is 2.79. The molecule has 0 radical (unpaired) electrons. The van der Waals surface area contributed by atoms with E-state index in [0.717, 1.165) is 32.0 Å². The highest BCUT2D eigenvalue weighted by Crippen LogP contribution is 2.27. The molecule has 0 spiro atoms. The van der Waals surface area contributed by atoms with Crippen molar-refractivity contribution in [1.82, 2.24) is 14.7 Å². The van der Waals surface area contributed by atoms with E-state index in [4.69, 9.17) is 5.10 Å². The zero-order chi connectivity index (χ0) is 14.7. The largest absolute Gasteiger partial charge is 0.352 e. The Kier molecular flexibility index (Phi) is 4.65. The molecular weight excluding hydrogens is 248 g/mol. The highest BCUT2D eigenvalue weighted by molar-refractivity contribution is 5.91. The van der Waals surface area contributed by atoms with Gasteiger partial charge in [-0.3, -0.25) is 4.68 Å². The third-order valence-corrected chi connectivity index (χ3v) is 3.79. The number of rotatable bonds is 1. The van der Waals surface area contributed by atoms with Crippen LogP contribution in [0.3, 0.4) is 0 Å². The summed E-state index contributed by atoms with van der Waals surface area (Å²) >= 11 is 0. The number of aromatic nitrogens is 2. The van der Waals surface area contributed by atoms with E-state index in [9.17, 15) is 0 Å². The van der Waals surface area contributed by atoms with Crippen molar-refractivity contribution in [3.8, 4) is 0 Å². The zero-order valence-corrected chi connectivity index (χ0v) is 13.3. The number of hydrogen-bond donors (Lipinski definition) is 0. The van der Waals surface area contributed by atoms with Gasteiger partial charge >= 0.3 is 0 Å². The van der Waals surface area contributed by atoms with Crippen LogP contribution in [-0.2, 0) is 7.05 Å². The molecule has 1 aliphatic rings. The molecule has 1 aromatic heterocycles. The molecule has 0 aliphatic carbocycles. The normalized spacial score (nSPS) is 16.1. The van der Waals surface area contributed by atoms with Gasteiger partial charge in [0, 0.05) is 38.6 Å².